The van der Waals surface area contributed by atoms with Gasteiger partial charge in [0, 0.05) is 18.8 Å². The largest absolute Gasteiger partial charge is 0.474 e. The zero-order chi connectivity index (χ0) is 16.9. The van der Waals surface area contributed by atoms with Gasteiger partial charge in [0.05, 0.1) is 24.5 Å². The highest BCUT2D eigenvalue weighted by Gasteiger charge is 2.14. The molecular weight excluding hydrogens is 300 g/mol. The van der Waals surface area contributed by atoms with Crippen LogP contribution in [0.2, 0.25) is 0 Å². The predicted molar refractivity (Wildman–Crippen MR) is 97.7 cm³/mol. The van der Waals surface area contributed by atoms with E-state index in [1.807, 2.05) is 13.8 Å². The molecule has 24 heavy (non-hydrogen) atoms. The summed E-state index contributed by atoms with van der Waals surface area (Å²) in [4.78, 5) is 11.1. The van der Waals surface area contributed by atoms with Crippen LogP contribution in [0.15, 0.2) is 36.7 Å². The lowest BCUT2D eigenvalue weighted by molar-refractivity contribution is 0.232. The molecule has 1 aliphatic rings. The SMILES string of the molecule is CC(C)Oc1cncc(NC(C)c2cccc(N3CCCC3)c2)n1. The first kappa shape index (κ1) is 16.6. The van der Waals surface area contributed by atoms with E-state index in [-0.39, 0.29) is 12.1 Å². The Morgan fingerprint density at radius 1 is 1.12 bits per heavy atom. The highest BCUT2D eigenvalue weighted by atomic mass is 16.5. The summed E-state index contributed by atoms with van der Waals surface area (Å²) in [6, 6.07) is 8.89. The number of nitrogens with one attached hydrogen (secondary N) is 1. The molecule has 128 valence electrons. The summed E-state index contributed by atoms with van der Waals surface area (Å²) in [5.74, 6) is 1.28. The van der Waals surface area contributed by atoms with Gasteiger partial charge in [-0.3, -0.25) is 4.98 Å². The van der Waals surface area contributed by atoms with Crippen molar-refractivity contribution in [3.05, 3.63) is 42.2 Å². The second-order valence-electron chi connectivity index (χ2n) is 6.56. The Balaban J connectivity index is 1.70. The van der Waals surface area contributed by atoms with Crippen molar-refractivity contribution in [3.8, 4) is 5.88 Å². The van der Waals surface area contributed by atoms with E-state index >= 15 is 0 Å². The molecule has 0 saturated carbocycles. The molecule has 0 aliphatic carbocycles. The first-order valence-electron chi connectivity index (χ1n) is 8.72. The number of nitrogens with zero attached hydrogens (tertiary/aromatic N) is 3. The summed E-state index contributed by atoms with van der Waals surface area (Å²) in [7, 11) is 0. The molecule has 5 heteroatoms. The van der Waals surface area contributed by atoms with E-state index in [1.165, 1.54) is 24.1 Å². The topological polar surface area (TPSA) is 50.3 Å². The molecule has 0 spiro atoms. The maximum atomic E-state index is 5.61. The van der Waals surface area contributed by atoms with E-state index in [0.717, 1.165) is 18.9 Å². The molecule has 1 fully saturated rings. The minimum atomic E-state index is 0.0871. The normalized spacial score (nSPS) is 15.6. The lowest BCUT2D eigenvalue weighted by Gasteiger charge is -2.21. The van der Waals surface area contributed by atoms with Gasteiger partial charge in [-0.25, -0.2) is 0 Å². The van der Waals surface area contributed by atoms with Gasteiger partial charge in [0.25, 0.3) is 0 Å². The second-order valence-corrected chi connectivity index (χ2v) is 6.56. The second kappa shape index (κ2) is 7.51. The lowest BCUT2D eigenvalue weighted by atomic mass is 10.1. The highest BCUT2D eigenvalue weighted by molar-refractivity contribution is 5.51. The van der Waals surface area contributed by atoms with Gasteiger partial charge in [0.2, 0.25) is 5.88 Å². The maximum Gasteiger partial charge on any atom is 0.234 e. The van der Waals surface area contributed by atoms with E-state index < -0.39 is 0 Å². The molecule has 1 saturated heterocycles. The van der Waals surface area contributed by atoms with E-state index in [0.29, 0.717) is 5.88 Å². The number of anilines is 2. The summed E-state index contributed by atoms with van der Waals surface area (Å²) < 4.78 is 5.61. The van der Waals surface area contributed by atoms with Crippen LogP contribution in [0.5, 0.6) is 5.88 Å². The molecule has 2 heterocycles. The highest BCUT2D eigenvalue weighted by Crippen LogP contribution is 2.25. The third-order valence-corrected chi connectivity index (χ3v) is 4.17. The summed E-state index contributed by atoms with van der Waals surface area (Å²) in [5.41, 5.74) is 2.55. The van der Waals surface area contributed by atoms with Crippen LogP contribution < -0.4 is 15.0 Å². The standard InChI is InChI=1S/C19H26N4O/c1-14(2)24-19-13-20-12-18(22-19)21-15(3)16-7-6-8-17(11-16)23-9-4-5-10-23/h6-8,11-15H,4-5,9-10H2,1-3H3,(H,21,22). The monoisotopic (exact) mass is 326 g/mol. The average molecular weight is 326 g/mol. The zero-order valence-corrected chi connectivity index (χ0v) is 14.7. The van der Waals surface area contributed by atoms with Gasteiger partial charge in [-0.05, 0) is 51.3 Å². The molecule has 1 aromatic heterocycles. The molecule has 1 atom stereocenters. The summed E-state index contributed by atoms with van der Waals surface area (Å²) >= 11 is 0. The fourth-order valence-corrected chi connectivity index (χ4v) is 2.99. The van der Waals surface area contributed by atoms with Crippen molar-refractivity contribution in [2.45, 2.75) is 45.8 Å². The molecule has 1 aliphatic heterocycles. The summed E-state index contributed by atoms with van der Waals surface area (Å²) in [6.07, 6.45) is 6.04. The molecule has 0 bridgehead atoms. The van der Waals surface area contributed by atoms with Crippen LogP contribution in [0.4, 0.5) is 11.5 Å². The van der Waals surface area contributed by atoms with Crippen molar-refractivity contribution in [3.63, 3.8) is 0 Å². The summed E-state index contributed by atoms with van der Waals surface area (Å²) in [6.45, 7) is 8.42. The smallest absolute Gasteiger partial charge is 0.234 e. The van der Waals surface area contributed by atoms with Crippen LogP contribution >= 0.6 is 0 Å². The van der Waals surface area contributed by atoms with Crippen LogP contribution in [0.25, 0.3) is 0 Å². The van der Waals surface area contributed by atoms with Gasteiger partial charge in [-0.15, -0.1) is 0 Å². The van der Waals surface area contributed by atoms with E-state index in [4.69, 9.17) is 4.74 Å². The number of benzene rings is 1. The number of ether oxygens (including phenoxy) is 1. The van der Waals surface area contributed by atoms with Crippen LogP contribution in [0.1, 0.15) is 45.2 Å². The Bertz CT molecular complexity index is 668. The number of aromatic nitrogens is 2. The number of rotatable bonds is 6. The molecule has 2 aromatic rings. The fraction of sp³-hybridized carbons (Fsp3) is 0.474. The summed E-state index contributed by atoms with van der Waals surface area (Å²) in [5, 5.41) is 3.42. The molecule has 1 N–H and O–H groups in total. The third-order valence-electron chi connectivity index (χ3n) is 4.17. The molecular formula is C19H26N4O. The van der Waals surface area contributed by atoms with Crippen LogP contribution in [0.3, 0.4) is 0 Å². The van der Waals surface area contributed by atoms with Gasteiger partial charge >= 0.3 is 0 Å². The Morgan fingerprint density at radius 3 is 2.67 bits per heavy atom. The van der Waals surface area contributed by atoms with E-state index in [2.05, 4.69) is 51.4 Å². The third kappa shape index (κ3) is 4.16. The van der Waals surface area contributed by atoms with Crippen molar-refractivity contribution in [1.29, 1.82) is 0 Å². The fourth-order valence-electron chi connectivity index (χ4n) is 2.99. The molecule has 1 unspecified atom stereocenters. The molecule has 3 rings (SSSR count). The van der Waals surface area contributed by atoms with Crippen molar-refractivity contribution in [2.24, 2.45) is 0 Å². The van der Waals surface area contributed by atoms with Gasteiger partial charge in [0.1, 0.15) is 5.82 Å². The van der Waals surface area contributed by atoms with Gasteiger partial charge < -0.3 is 15.0 Å². The number of hydrogen-bond donors (Lipinski definition) is 1. The Labute approximate surface area is 144 Å². The van der Waals surface area contributed by atoms with Crippen molar-refractivity contribution < 1.29 is 4.74 Å². The Morgan fingerprint density at radius 2 is 1.92 bits per heavy atom. The molecule has 1 aromatic carbocycles. The van der Waals surface area contributed by atoms with E-state index in [1.54, 1.807) is 12.4 Å². The average Bonchev–Trinajstić information content (AvgIpc) is 3.09. The first-order valence-corrected chi connectivity index (χ1v) is 8.72. The Hall–Kier alpha value is -2.30. The van der Waals surface area contributed by atoms with Gasteiger partial charge in [-0.1, -0.05) is 12.1 Å². The molecule has 0 radical (unpaired) electrons. The van der Waals surface area contributed by atoms with Crippen LogP contribution in [-0.2, 0) is 0 Å². The zero-order valence-electron chi connectivity index (χ0n) is 14.7. The van der Waals surface area contributed by atoms with E-state index in [9.17, 15) is 0 Å². The first-order chi connectivity index (χ1) is 11.6. The van der Waals surface area contributed by atoms with Gasteiger partial charge in [-0.2, -0.15) is 4.98 Å². The number of hydrogen-bond acceptors (Lipinski definition) is 5. The predicted octanol–water partition coefficient (Wildman–Crippen LogP) is 4.04. The van der Waals surface area contributed by atoms with Crippen molar-refractivity contribution in [2.75, 3.05) is 23.3 Å². The lowest BCUT2D eigenvalue weighted by Crippen LogP contribution is -2.18. The quantitative estimate of drug-likeness (QED) is 0.868. The van der Waals surface area contributed by atoms with Crippen molar-refractivity contribution >= 4 is 11.5 Å². The minimum absolute atomic E-state index is 0.0871. The Kier molecular flexibility index (Phi) is 5.18. The molecule has 0 amide bonds. The maximum absolute atomic E-state index is 5.61. The van der Waals surface area contributed by atoms with Gasteiger partial charge in [0.15, 0.2) is 0 Å². The van der Waals surface area contributed by atoms with Crippen LogP contribution in [-0.4, -0.2) is 29.2 Å². The van der Waals surface area contributed by atoms with Crippen molar-refractivity contribution in [1.82, 2.24) is 9.97 Å². The molecule has 5 nitrogen and oxygen atoms in total. The van der Waals surface area contributed by atoms with Crippen LogP contribution in [0, 0.1) is 0 Å². The minimum Gasteiger partial charge on any atom is -0.474 e.